The molecule has 166 valence electrons. The number of aromatic nitrogens is 2. The highest BCUT2D eigenvalue weighted by Gasteiger charge is 2.36. The van der Waals surface area contributed by atoms with Gasteiger partial charge in [0.05, 0.1) is 5.71 Å². The molecule has 5 rings (SSSR count). The molecule has 0 saturated carbocycles. The molecule has 2 aliphatic heterocycles. The van der Waals surface area contributed by atoms with Crippen LogP contribution in [0.3, 0.4) is 0 Å². The number of amidine groups is 1. The van der Waals surface area contributed by atoms with Crippen LogP contribution in [0.5, 0.6) is 0 Å². The number of aromatic amines is 1. The average Bonchev–Trinajstić information content (AvgIpc) is 3.31. The van der Waals surface area contributed by atoms with Crippen LogP contribution in [0.15, 0.2) is 70.5 Å². The van der Waals surface area contributed by atoms with Gasteiger partial charge in [0.25, 0.3) is 0 Å². The summed E-state index contributed by atoms with van der Waals surface area (Å²) in [4.78, 5) is 8.76. The second kappa shape index (κ2) is 8.41. The van der Waals surface area contributed by atoms with Gasteiger partial charge < -0.3 is 9.88 Å². The zero-order valence-electron chi connectivity index (χ0n) is 17.5. The number of allylic oxidation sites excluding steroid dienone is 3. The van der Waals surface area contributed by atoms with E-state index in [9.17, 15) is 13.2 Å². The van der Waals surface area contributed by atoms with Crippen LogP contribution in [0.25, 0.3) is 0 Å². The number of hydrogen-bond donors (Lipinski definition) is 1. The first kappa shape index (κ1) is 20.7. The molecule has 1 aromatic carbocycles. The first-order chi connectivity index (χ1) is 15.5. The van der Waals surface area contributed by atoms with Crippen molar-refractivity contribution in [2.45, 2.75) is 37.8 Å². The fraction of sp³-hybridized carbons (Fsp3) is 0.375. The van der Waals surface area contributed by atoms with Crippen LogP contribution < -0.4 is 0 Å². The average molecular weight is 439 g/mol. The van der Waals surface area contributed by atoms with Crippen LogP contribution in [0.1, 0.15) is 42.3 Å². The summed E-state index contributed by atoms with van der Waals surface area (Å²) in [7, 11) is 0. The van der Waals surface area contributed by atoms with Crippen LogP contribution in [0.4, 0.5) is 13.2 Å². The number of imidazole rings is 1. The molecule has 1 N–H and O–H groups in total. The molecule has 0 spiro atoms. The lowest BCUT2D eigenvalue weighted by molar-refractivity contribution is -0.141. The SMILES string of the molecule is FC(F)(F)c1c[nH]c(C2CCN(C3=NN=C(Cc4ccccc4)C4=CC=CCC43)CC2)n1. The van der Waals surface area contributed by atoms with E-state index in [4.69, 9.17) is 0 Å². The first-order valence-electron chi connectivity index (χ1n) is 10.9. The molecule has 1 fully saturated rings. The van der Waals surface area contributed by atoms with Gasteiger partial charge in [-0.3, -0.25) is 0 Å². The molecule has 1 saturated heterocycles. The Labute approximate surface area is 184 Å². The molecule has 32 heavy (non-hydrogen) atoms. The fourth-order valence-corrected chi connectivity index (χ4v) is 4.69. The number of nitrogens with zero attached hydrogens (tertiary/aromatic N) is 4. The van der Waals surface area contributed by atoms with E-state index in [2.05, 4.69) is 55.4 Å². The number of nitrogens with one attached hydrogen (secondary N) is 1. The van der Waals surface area contributed by atoms with Crippen molar-refractivity contribution in [2.75, 3.05) is 13.1 Å². The zero-order chi connectivity index (χ0) is 22.1. The monoisotopic (exact) mass is 439 g/mol. The third-order valence-corrected chi connectivity index (χ3v) is 6.39. The van der Waals surface area contributed by atoms with Gasteiger partial charge in [-0.2, -0.15) is 18.3 Å². The summed E-state index contributed by atoms with van der Waals surface area (Å²) in [5.41, 5.74) is 2.57. The van der Waals surface area contributed by atoms with E-state index in [-0.39, 0.29) is 11.8 Å². The molecule has 1 aromatic heterocycles. The smallest absolute Gasteiger partial charge is 0.358 e. The van der Waals surface area contributed by atoms with Gasteiger partial charge in [0.2, 0.25) is 0 Å². The molecule has 8 heteroatoms. The normalized spacial score (nSPS) is 21.7. The number of alkyl halides is 3. The molecule has 0 amide bonds. The highest BCUT2D eigenvalue weighted by Crippen LogP contribution is 2.34. The summed E-state index contributed by atoms with van der Waals surface area (Å²) >= 11 is 0. The van der Waals surface area contributed by atoms with Gasteiger partial charge in [-0.1, -0.05) is 48.6 Å². The molecule has 5 nitrogen and oxygen atoms in total. The highest BCUT2D eigenvalue weighted by molar-refractivity contribution is 6.09. The van der Waals surface area contributed by atoms with Gasteiger partial charge in [-0.15, -0.1) is 5.10 Å². The van der Waals surface area contributed by atoms with E-state index in [1.165, 1.54) is 11.1 Å². The lowest BCUT2D eigenvalue weighted by Crippen LogP contribution is -2.44. The van der Waals surface area contributed by atoms with Crippen molar-refractivity contribution in [3.05, 3.63) is 77.4 Å². The second-order valence-corrected chi connectivity index (χ2v) is 8.44. The van der Waals surface area contributed by atoms with Crippen LogP contribution in [-0.4, -0.2) is 39.5 Å². The van der Waals surface area contributed by atoms with Gasteiger partial charge in [-0.25, -0.2) is 4.98 Å². The van der Waals surface area contributed by atoms with Crippen LogP contribution >= 0.6 is 0 Å². The van der Waals surface area contributed by atoms with Crippen molar-refractivity contribution in [3.8, 4) is 0 Å². The Kier molecular flexibility index (Phi) is 5.45. The Morgan fingerprint density at radius 2 is 1.84 bits per heavy atom. The molecule has 1 aliphatic carbocycles. The maximum absolute atomic E-state index is 12.9. The maximum atomic E-state index is 12.9. The zero-order valence-corrected chi connectivity index (χ0v) is 17.5. The molecule has 3 heterocycles. The molecule has 1 atom stereocenters. The van der Waals surface area contributed by atoms with Crippen LogP contribution in [0.2, 0.25) is 0 Å². The van der Waals surface area contributed by atoms with E-state index in [1.807, 2.05) is 18.2 Å². The predicted octanol–water partition coefficient (Wildman–Crippen LogP) is 5.12. The number of benzene rings is 1. The summed E-state index contributed by atoms with van der Waals surface area (Å²) in [6.45, 7) is 1.45. The first-order valence-corrected chi connectivity index (χ1v) is 10.9. The van der Waals surface area contributed by atoms with Crippen molar-refractivity contribution < 1.29 is 13.2 Å². The Balaban J connectivity index is 1.30. The van der Waals surface area contributed by atoms with E-state index in [0.717, 1.165) is 56.5 Å². The molecule has 2 aromatic rings. The number of likely N-dealkylation sites (tertiary alicyclic amines) is 1. The lowest BCUT2D eigenvalue weighted by Gasteiger charge is -2.38. The Hall–Kier alpha value is -3.16. The lowest BCUT2D eigenvalue weighted by atomic mass is 9.83. The Morgan fingerprint density at radius 3 is 2.56 bits per heavy atom. The van der Waals surface area contributed by atoms with Crippen molar-refractivity contribution in [2.24, 2.45) is 16.1 Å². The topological polar surface area (TPSA) is 56.6 Å². The minimum absolute atomic E-state index is 0.00931. The number of H-pyrrole nitrogens is 1. The van der Waals surface area contributed by atoms with E-state index >= 15 is 0 Å². The van der Waals surface area contributed by atoms with Gasteiger partial charge in [0.1, 0.15) is 11.7 Å². The summed E-state index contributed by atoms with van der Waals surface area (Å²) in [6.07, 6.45) is 6.00. The quantitative estimate of drug-likeness (QED) is 0.722. The molecule has 0 radical (unpaired) electrons. The molecule has 3 aliphatic rings. The highest BCUT2D eigenvalue weighted by atomic mass is 19.4. The molecular formula is C24H24F3N5. The van der Waals surface area contributed by atoms with Crippen molar-refractivity contribution in [3.63, 3.8) is 0 Å². The van der Waals surface area contributed by atoms with Crippen molar-refractivity contribution in [1.82, 2.24) is 14.9 Å². The largest absolute Gasteiger partial charge is 0.434 e. The standard InChI is InChI=1S/C24H24F3N5/c25-24(26,27)21-15-28-22(29-21)17-10-12-32(13-11-17)23-19-9-5-4-8-18(19)20(30-31-23)14-16-6-2-1-3-7-16/h1-8,15,17,19H,9-14H2,(H,28,29). The summed E-state index contributed by atoms with van der Waals surface area (Å²) < 4.78 is 38.6. The van der Waals surface area contributed by atoms with Crippen LogP contribution in [0, 0.1) is 5.92 Å². The Morgan fingerprint density at radius 1 is 1.06 bits per heavy atom. The number of rotatable bonds is 3. The van der Waals surface area contributed by atoms with Gasteiger partial charge in [0, 0.05) is 37.5 Å². The third-order valence-electron chi connectivity index (χ3n) is 6.39. The minimum atomic E-state index is -4.42. The molecular weight excluding hydrogens is 415 g/mol. The number of fused-ring (bicyclic) bond motifs is 1. The number of halogens is 3. The number of piperidine rings is 1. The predicted molar refractivity (Wildman–Crippen MR) is 117 cm³/mol. The van der Waals surface area contributed by atoms with Crippen molar-refractivity contribution in [1.29, 1.82) is 0 Å². The van der Waals surface area contributed by atoms with Crippen molar-refractivity contribution >= 4 is 11.5 Å². The summed E-state index contributed by atoms with van der Waals surface area (Å²) in [6, 6.07) is 10.3. The van der Waals surface area contributed by atoms with Crippen LogP contribution in [-0.2, 0) is 12.6 Å². The second-order valence-electron chi connectivity index (χ2n) is 8.44. The van der Waals surface area contributed by atoms with Gasteiger partial charge >= 0.3 is 6.18 Å². The summed E-state index contributed by atoms with van der Waals surface area (Å²) in [5.74, 6) is 1.55. The van der Waals surface area contributed by atoms with Gasteiger partial charge in [0.15, 0.2) is 5.69 Å². The Bertz CT molecular complexity index is 1090. The number of hydrogen-bond acceptors (Lipinski definition) is 4. The molecule has 1 unspecified atom stereocenters. The maximum Gasteiger partial charge on any atom is 0.434 e. The van der Waals surface area contributed by atoms with E-state index in [0.29, 0.717) is 5.82 Å². The minimum Gasteiger partial charge on any atom is -0.358 e. The van der Waals surface area contributed by atoms with Gasteiger partial charge in [-0.05, 0) is 30.4 Å². The van der Waals surface area contributed by atoms with E-state index < -0.39 is 11.9 Å². The summed E-state index contributed by atoms with van der Waals surface area (Å²) in [5, 5.41) is 9.22. The van der Waals surface area contributed by atoms with E-state index in [1.54, 1.807) is 0 Å². The molecule has 0 bridgehead atoms. The third kappa shape index (κ3) is 4.13. The fourth-order valence-electron chi connectivity index (χ4n) is 4.69.